The molecule has 0 aliphatic heterocycles. The van der Waals surface area contributed by atoms with Gasteiger partial charge in [0.15, 0.2) is 5.82 Å². The second-order valence-electron chi connectivity index (χ2n) is 3.39. The molecule has 6 nitrogen and oxygen atoms in total. The van der Waals surface area contributed by atoms with E-state index in [1.54, 1.807) is 12.4 Å². The van der Waals surface area contributed by atoms with Crippen molar-refractivity contribution < 1.29 is 0 Å². The number of nitrogens with two attached hydrogens (primary N) is 1. The van der Waals surface area contributed by atoms with Crippen LogP contribution in [0.5, 0.6) is 0 Å². The molecule has 0 aliphatic rings. The van der Waals surface area contributed by atoms with E-state index in [0.29, 0.717) is 24.7 Å². The van der Waals surface area contributed by atoms with E-state index in [1.807, 2.05) is 24.3 Å². The van der Waals surface area contributed by atoms with Gasteiger partial charge in [0.05, 0.1) is 11.9 Å². The molecule has 0 radical (unpaired) electrons. The summed E-state index contributed by atoms with van der Waals surface area (Å²) in [6, 6.07) is 7.46. The summed E-state index contributed by atoms with van der Waals surface area (Å²) in [6.07, 6.45) is 3.44. The quantitative estimate of drug-likeness (QED) is 0.709. The maximum absolute atomic E-state index is 5.38. The average Bonchev–Trinajstić information content (AvgIpc) is 2.39. The summed E-state index contributed by atoms with van der Waals surface area (Å²) in [6.45, 7) is 1.25. The normalized spacial score (nSPS) is 9.94. The maximum atomic E-state index is 5.38. The van der Waals surface area contributed by atoms with Gasteiger partial charge in [0, 0.05) is 19.3 Å². The second kappa shape index (κ2) is 5.76. The van der Waals surface area contributed by atoms with Gasteiger partial charge < -0.3 is 16.4 Å². The molecular formula is C11H14N6. The van der Waals surface area contributed by atoms with Gasteiger partial charge in [-0.3, -0.25) is 4.98 Å². The number of nitrogens with one attached hydrogen (secondary N) is 2. The molecule has 0 amide bonds. The van der Waals surface area contributed by atoms with Gasteiger partial charge in [-0.15, -0.1) is 10.2 Å². The second-order valence-corrected chi connectivity index (χ2v) is 3.39. The summed E-state index contributed by atoms with van der Waals surface area (Å²) >= 11 is 0. The predicted molar refractivity (Wildman–Crippen MR) is 67.1 cm³/mol. The van der Waals surface area contributed by atoms with Gasteiger partial charge in [0.25, 0.3) is 0 Å². The van der Waals surface area contributed by atoms with Crippen LogP contribution in [0, 0.1) is 0 Å². The van der Waals surface area contributed by atoms with Gasteiger partial charge in [-0.25, -0.2) is 0 Å². The largest absolute Gasteiger partial charge is 0.367 e. The molecule has 0 bridgehead atoms. The molecule has 0 aromatic carbocycles. The Hall–Kier alpha value is -2.21. The van der Waals surface area contributed by atoms with Gasteiger partial charge >= 0.3 is 0 Å². The molecule has 6 heteroatoms. The molecule has 4 N–H and O–H groups in total. The third-order valence-corrected chi connectivity index (χ3v) is 2.05. The first-order valence-electron chi connectivity index (χ1n) is 5.33. The lowest BCUT2D eigenvalue weighted by atomic mass is 10.4. The molecule has 2 rings (SSSR count). The van der Waals surface area contributed by atoms with E-state index in [2.05, 4.69) is 25.8 Å². The number of hydrogen-bond acceptors (Lipinski definition) is 6. The lowest BCUT2D eigenvalue weighted by molar-refractivity contribution is 0.973. The Kier molecular flexibility index (Phi) is 3.82. The fraction of sp³-hybridized carbons (Fsp3) is 0.182. The lowest BCUT2D eigenvalue weighted by Crippen LogP contribution is -2.14. The van der Waals surface area contributed by atoms with E-state index in [0.717, 1.165) is 5.69 Å². The monoisotopic (exact) mass is 230 g/mol. The van der Waals surface area contributed by atoms with E-state index in [-0.39, 0.29) is 0 Å². The van der Waals surface area contributed by atoms with E-state index in [1.165, 1.54) is 0 Å². The highest BCUT2D eigenvalue weighted by atomic mass is 15.2. The van der Waals surface area contributed by atoms with Crippen molar-refractivity contribution in [3.63, 3.8) is 0 Å². The van der Waals surface area contributed by atoms with Crippen molar-refractivity contribution in [2.24, 2.45) is 5.73 Å². The highest BCUT2D eigenvalue weighted by molar-refractivity contribution is 5.55. The van der Waals surface area contributed by atoms with Crippen molar-refractivity contribution >= 4 is 17.3 Å². The van der Waals surface area contributed by atoms with Crippen molar-refractivity contribution in [1.29, 1.82) is 0 Å². The molecular weight excluding hydrogens is 216 g/mol. The zero-order chi connectivity index (χ0) is 11.9. The van der Waals surface area contributed by atoms with Crippen LogP contribution in [0.4, 0.5) is 17.3 Å². The zero-order valence-corrected chi connectivity index (χ0v) is 9.30. The Balaban J connectivity index is 1.98. The van der Waals surface area contributed by atoms with Crippen LogP contribution in [0.15, 0.2) is 36.7 Å². The summed E-state index contributed by atoms with van der Waals surface area (Å²) in [7, 11) is 0. The third-order valence-electron chi connectivity index (χ3n) is 2.05. The van der Waals surface area contributed by atoms with Crippen LogP contribution >= 0.6 is 0 Å². The molecule has 0 atom stereocenters. The van der Waals surface area contributed by atoms with Crippen LogP contribution in [0.25, 0.3) is 0 Å². The third kappa shape index (κ3) is 3.39. The van der Waals surface area contributed by atoms with Crippen molar-refractivity contribution in [3.8, 4) is 0 Å². The fourth-order valence-corrected chi connectivity index (χ4v) is 1.28. The van der Waals surface area contributed by atoms with Gasteiger partial charge in [-0.1, -0.05) is 0 Å². The molecule has 2 aromatic heterocycles. The summed E-state index contributed by atoms with van der Waals surface area (Å²) in [4.78, 5) is 4.00. The van der Waals surface area contributed by atoms with Gasteiger partial charge in [0.2, 0.25) is 0 Å². The Labute approximate surface area is 99.3 Å². The number of nitrogens with zero attached hydrogens (tertiary/aromatic N) is 3. The maximum Gasteiger partial charge on any atom is 0.153 e. The smallest absolute Gasteiger partial charge is 0.153 e. The zero-order valence-electron chi connectivity index (χ0n) is 9.30. The molecule has 2 heterocycles. The molecule has 0 spiro atoms. The molecule has 0 saturated heterocycles. The van der Waals surface area contributed by atoms with Crippen molar-refractivity contribution in [3.05, 3.63) is 36.7 Å². The van der Waals surface area contributed by atoms with E-state index in [9.17, 15) is 0 Å². The van der Waals surface area contributed by atoms with E-state index in [4.69, 9.17) is 5.73 Å². The van der Waals surface area contributed by atoms with Crippen LogP contribution in [0.3, 0.4) is 0 Å². The molecule has 0 unspecified atom stereocenters. The highest BCUT2D eigenvalue weighted by Gasteiger charge is 1.97. The van der Waals surface area contributed by atoms with Crippen molar-refractivity contribution in [1.82, 2.24) is 15.2 Å². The Morgan fingerprint density at radius 1 is 1.12 bits per heavy atom. The predicted octanol–water partition coefficient (Wildman–Crippen LogP) is 0.986. The molecule has 88 valence electrons. The topological polar surface area (TPSA) is 88.8 Å². The van der Waals surface area contributed by atoms with E-state index < -0.39 is 0 Å². The van der Waals surface area contributed by atoms with Gasteiger partial charge in [0.1, 0.15) is 5.82 Å². The number of aromatic nitrogens is 3. The van der Waals surface area contributed by atoms with Crippen molar-refractivity contribution in [2.45, 2.75) is 0 Å². The molecule has 17 heavy (non-hydrogen) atoms. The Morgan fingerprint density at radius 3 is 2.59 bits per heavy atom. The number of rotatable bonds is 5. The Bertz CT molecular complexity index is 441. The highest BCUT2D eigenvalue weighted by Crippen LogP contribution is 2.12. The minimum absolute atomic E-state index is 0.567. The molecule has 0 aliphatic carbocycles. The van der Waals surface area contributed by atoms with Crippen LogP contribution in [0.2, 0.25) is 0 Å². The van der Waals surface area contributed by atoms with Gasteiger partial charge in [-0.05, 0) is 24.3 Å². The standard InChI is InChI=1S/C11H14N6/c12-5-7-14-10-3-4-11(17-16-10)15-9-2-1-6-13-8-9/h1-4,6,8H,5,7,12H2,(H,14,16)(H,15,17). The van der Waals surface area contributed by atoms with Crippen LogP contribution in [0.1, 0.15) is 0 Å². The summed E-state index contributed by atoms with van der Waals surface area (Å²) in [5, 5.41) is 14.2. The molecule has 2 aromatic rings. The number of hydrogen-bond donors (Lipinski definition) is 3. The minimum Gasteiger partial charge on any atom is -0.367 e. The number of anilines is 3. The SMILES string of the molecule is NCCNc1ccc(Nc2cccnc2)nn1. The van der Waals surface area contributed by atoms with Crippen LogP contribution in [-0.4, -0.2) is 28.3 Å². The fourth-order valence-electron chi connectivity index (χ4n) is 1.28. The average molecular weight is 230 g/mol. The Morgan fingerprint density at radius 2 is 1.94 bits per heavy atom. The summed E-state index contributed by atoms with van der Waals surface area (Å²) in [5.74, 6) is 1.39. The molecule has 0 fully saturated rings. The number of pyridine rings is 1. The molecule has 0 saturated carbocycles. The first-order chi connectivity index (χ1) is 8.38. The van der Waals surface area contributed by atoms with Gasteiger partial charge in [-0.2, -0.15) is 0 Å². The van der Waals surface area contributed by atoms with Crippen molar-refractivity contribution in [2.75, 3.05) is 23.7 Å². The lowest BCUT2D eigenvalue weighted by Gasteiger charge is -2.05. The van der Waals surface area contributed by atoms with Crippen LogP contribution in [-0.2, 0) is 0 Å². The summed E-state index contributed by atoms with van der Waals surface area (Å²) < 4.78 is 0. The first-order valence-corrected chi connectivity index (χ1v) is 5.33. The minimum atomic E-state index is 0.567. The van der Waals surface area contributed by atoms with Crippen LogP contribution < -0.4 is 16.4 Å². The van der Waals surface area contributed by atoms with E-state index >= 15 is 0 Å². The summed E-state index contributed by atoms with van der Waals surface area (Å²) in [5.41, 5.74) is 6.26. The first kappa shape index (κ1) is 11.3.